The van der Waals surface area contributed by atoms with Gasteiger partial charge in [-0.15, -0.1) is 12.4 Å². The molecule has 2 rings (SSSR count). The van der Waals surface area contributed by atoms with E-state index in [0.29, 0.717) is 17.4 Å². The molecule has 2 saturated heterocycles. The van der Waals surface area contributed by atoms with E-state index in [0.717, 1.165) is 26.2 Å². The number of rotatable bonds is 2. The number of halogens is 1. The van der Waals surface area contributed by atoms with Crippen molar-refractivity contribution < 1.29 is 8.42 Å². The van der Waals surface area contributed by atoms with Crippen LogP contribution in [0.1, 0.15) is 19.8 Å². The third-order valence-corrected chi connectivity index (χ3v) is 5.49. The normalized spacial score (nSPS) is 33.9. The van der Waals surface area contributed by atoms with Crippen LogP contribution in [0.15, 0.2) is 0 Å². The Morgan fingerprint density at radius 1 is 1.41 bits per heavy atom. The Labute approximate surface area is 110 Å². The van der Waals surface area contributed by atoms with Gasteiger partial charge in [0.25, 0.3) is 0 Å². The van der Waals surface area contributed by atoms with Crippen molar-refractivity contribution in [2.45, 2.75) is 25.8 Å². The lowest BCUT2D eigenvalue weighted by Gasteiger charge is -2.36. The molecule has 0 aromatic heterocycles. The van der Waals surface area contributed by atoms with Crippen molar-refractivity contribution in [1.82, 2.24) is 10.2 Å². The molecule has 0 spiro atoms. The summed E-state index contributed by atoms with van der Waals surface area (Å²) >= 11 is 0. The lowest BCUT2D eigenvalue weighted by molar-refractivity contribution is 0.175. The summed E-state index contributed by atoms with van der Waals surface area (Å²) < 4.78 is 22.9. The summed E-state index contributed by atoms with van der Waals surface area (Å²) in [5.41, 5.74) is 0. The first kappa shape index (κ1) is 15.2. The summed E-state index contributed by atoms with van der Waals surface area (Å²) in [7, 11) is -2.76. The minimum Gasteiger partial charge on any atom is -0.316 e. The first-order chi connectivity index (χ1) is 7.57. The van der Waals surface area contributed by atoms with Crippen molar-refractivity contribution in [3.05, 3.63) is 0 Å². The molecule has 4 nitrogen and oxygen atoms in total. The average Bonchev–Trinajstić information content (AvgIpc) is 2.23. The molecular formula is C11H23ClN2O2S. The Bertz CT molecular complexity index is 328. The molecule has 2 heterocycles. The molecule has 2 unspecified atom stereocenters. The first-order valence-corrected chi connectivity index (χ1v) is 8.04. The molecule has 0 aromatic carbocycles. The maximum absolute atomic E-state index is 11.5. The Morgan fingerprint density at radius 3 is 2.76 bits per heavy atom. The van der Waals surface area contributed by atoms with Crippen LogP contribution in [0.25, 0.3) is 0 Å². The monoisotopic (exact) mass is 282 g/mol. The molecule has 0 radical (unpaired) electrons. The van der Waals surface area contributed by atoms with Gasteiger partial charge in [0.15, 0.2) is 9.84 Å². The van der Waals surface area contributed by atoms with Crippen LogP contribution >= 0.6 is 12.4 Å². The van der Waals surface area contributed by atoms with Crippen LogP contribution < -0.4 is 5.32 Å². The second-order valence-corrected chi connectivity index (χ2v) is 7.40. The van der Waals surface area contributed by atoms with Gasteiger partial charge in [0.2, 0.25) is 0 Å². The molecule has 2 aliphatic heterocycles. The molecule has 1 N–H and O–H groups in total. The Hall–Kier alpha value is 0.160. The maximum atomic E-state index is 11.5. The van der Waals surface area contributed by atoms with E-state index in [1.807, 2.05) is 6.92 Å². The van der Waals surface area contributed by atoms with Crippen LogP contribution in [-0.4, -0.2) is 57.0 Å². The average molecular weight is 283 g/mol. The van der Waals surface area contributed by atoms with Gasteiger partial charge in [-0.2, -0.15) is 0 Å². The predicted octanol–water partition coefficient (Wildman–Crippen LogP) is 0.527. The number of sulfone groups is 1. The van der Waals surface area contributed by atoms with Gasteiger partial charge in [0, 0.05) is 19.1 Å². The van der Waals surface area contributed by atoms with Crippen LogP contribution in [0.2, 0.25) is 0 Å². The van der Waals surface area contributed by atoms with Crippen molar-refractivity contribution in [3.63, 3.8) is 0 Å². The van der Waals surface area contributed by atoms with E-state index in [-0.39, 0.29) is 18.4 Å². The molecular weight excluding hydrogens is 260 g/mol. The summed E-state index contributed by atoms with van der Waals surface area (Å²) in [4.78, 5) is 2.35. The molecule has 0 bridgehead atoms. The maximum Gasteiger partial charge on any atom is 0.153 e. The zero-order valence-electron chi connectivity index (χ0n) is 10.4. The van der Waals surface area contributed by atoms with Gasteiger partial charge in [-0.1, -0.05) is 0 Å². The lowest BCUT2D eigenvalue weighted by Crippen LogP contribution is -2.50. The minimum absolute atomic E-state index is 0. The number of nitrogens with one attached hydrogen (secondary N) is 1. The van der Waals surface area contributed by atoms with E-state index in [4.69, 9.17) is 0 Å². The highest BCUT2D eigenvalue weighted by Gasteiger charge is 2.29. The first-order valence-electron chi connectivity index (χ1n) is 6.22. The van der Waals surface area contributed by atoms with Gasteiger partial charge in [-0.3, -0.25) is 4.90 Å². The van der Waals surface area contributed by atoms with Crippen molar-refractivity contribution in [2.24, 2.45) is 5.92 Å². The van der Waals surface area contributed by atoms with E-state index in [1.54, 1.807) is 0 Å². The summed E-state index contributed by atoms with van der Waals surface area (Å²) in [6.07, 6.45) is 2.54. The van der Waals surface area contributed by atoms with Crippen LogP contribution in [0.4, 0.5) is 0 Å². The third-order valence-electron chi connectivity index (χ3n) is 3.70. The van der Waals surface area contributed by atoms with Gasteiger partial charge in [0.05, 0.1) is 11.5 Å². The number of nitrogens with zero attached hydrogens (tertiary/aromatic N) is 1. The van der Waals surface area contributed by atoms with E-state index in [2.05, 4.69) is 10.2 Å². The second-order valence-electron chi connectivity index (χ2n) is 5.17. The van der Waals surface area contributed by atoms with Crippen LogP contribution in [0.3, 0.4) is 0 Å². The van der Waals surface area contributed by atoms with Crippen molar-refractivity contribution in [3.8, 4) is 0 Å². The second kappa shape index (κ2) is 6.36. The quantitative estimate of drug-likeness (QED) is 0.803. The fourth-order valence-electron chi connectivity index (χ4n) is 2.72. The number of hydrogen-bond donors (Lipinski definition) is 1. The predicted molar refractivity (Wildman–Crippen MR) is 72.5 cm³/mol. The van der Waals surface area contributed by atoms with Crippen LogP contribution in [0.5, 0.6) is 0 Å². The Morgan fingerprint density at radius 2 is 2.18 bits per heavy atom. The standard InChI is InChI=1S/C11H22N2O2S.ClH/c1-10-9-16(14,15)6-5-13(10)8-11-3-2-4-12-7-11;/h10-12H,2-9H2,1H3;1H. The summed E-state index contributed by atoms with van der Waals surface area (Å²) in [6, 6.07) is 0.195. The molecule has 102 valence electrons. The summed E-state index contributed by atoms with van der Waals surface area (Å²) in [6.45, 7) is 6.05. The van der Waals surface area contributed by atoms with Crippen molar-refractivity contribution >= 4 is 22.2 Å². The van der Waals surface area contributed by atoms with E-state index in [1.165, 1.54) is 12.8 Å². The van der Waals surface area contributed by atoms with E-state index < -0.39 is 9.84 Å². The number of hydrogen-bond acceptors (Lipinski definition) is 4. The number of piperidine rings is 1. The molecule has 2 fully saturated rings. The lowest BCUT2D eigenvalue weighted by atomic mass is 9.98. The fraction of sp³-hybridized carbons (Fsp3) is 1.00. The highest BCUT2D eigenvalue weighted by molar-refractivity contribution is 7.91. The van der Waals surface area contributed by atoms with Crippen molar-refractivity contribution in [1.29, 1.82) is 0 Å². The van der Waals surface area contributed by atoms with Crippen LogP contribution in [-0.2, 0) is 9.84 Å². The van der Waals surface area contributed by atoms with Gasteiger partial charge in [0.1, 0.15) is 0 Å². The zero-order chi connectivity index (χ0) is 11.6. The van der Waals surface area contributed by atoms with Gasteiger partial charge in [-0.05, 0) is 38.8 Å². The SMILES string of the molecule is CC1CS(=O)(=O)CCN1CC1CCCNC1.Cl. The van der Waals surface area contributed by atoms with Gasteiger partial charge >= 0.3 is 0 Å². The molecule has 0 saturated carbocycles. The Balaban J connectivity index is 0.00000144. The third kappa shape index (κ3) is 4.39. The van der Waals surface area contributed by atoms with E-state index >= 15 is 0 Å². The molecule has 2 atom stereocenters. The minimum atomic E-state index is -2.76. The topological polar surface area (TPSA) is 49.4 Å². The molecule has 0 aromatic rings. The highest BCUT2D eigenvalue weighted by Crippen LogP contribution is 2.17. The van der Waals surface area contributed by atoms with Crippen LogP contribution in [0, 0.1) is 5.92 Å². The highest BCUT2D eigenvalue weighted by atomic mass is 35.5. The van der Waals surface area contributed by atoms with Gasteiger partial charge < -0.3 is 5.32 Å². The molecule has 6 heteroatoms. The summed E-state index contributed by atoms with van der Waals surface area (Å²) in [5.74, 6) is 1.39. The van der Waals surface area contributed by atoms with Crippen molar-refractivity contribution in [2.75, 3.05) is 37.7 Å². The van der Waals surface area contributed by atoms with E-state index in [9.17, 15) is 8.42 Å². The molecule has 0 aliphatic carbocycles. The largest absolute Gasteiger partial charge is 0.316 e. The molecule has 2 aliphatic rings. The fourth-order valence-corrected chi connectivity index (χ4v) is 4.34. The summed E-state index contributed by atoms with van der Waals surface area (Å²) in [5, 5.41) is 3.41. The Kier molecular flexibility index (Phi) is 5.70. The molecule has 17 heavy (non-hydrogen) atoms. The zero-order valence-corrected chi connectivity index (χ0v) is 12.0. The molecule has 0 amide bonds. The van der Waals surface area contributed by atoms with Gasteiger partial charge in [-0.25, -0.2) is 8.42 Å². The smallest absolute Gasteiger partial charge is 0.153 e.